The second kappa shape index (κ2) is 9.54. The molecular formula is C18H17FN5O3S2-. The first kappa shape index (κ1) is 20.8. The van der Waals surface area contributed by atoms with Crippen LogP contribution in [-0.2, 0) is 17.6 Å². The van der Waals surface area contributed by atoms with Crippen LogP contribution in [0.5, 0.6) is 0 Å². The van der Waals surface area contributed by atoms with Crippen LogP contribution in [0, 0.1) is 5.82 Å². The molecule has 0 radical (unpaired) electrons. The van der Waals surface area contributed by atoms with Gasteiger partial charge in [0.25, 0.3) is 0 Å². The van der Waals surface area contributed by atoms with Crippen LogP contribution in [0.15, 0.2) is 48.0 Å². The zero-order chi connectivity index (χ0) is 20.8. The van der Waals surface area contributed by atoms with Gasteiger partial charge in [-0.3, -0.25) is 9.53 Å². The molecule has 8 nitrogen and oxygen atoms in total. The highest BCUT2D eigenvalue weighted by Gasteiger charge is 2.20. The summed E-state index contributed by atoms with van der Waals surface area (Å²) in [7, 11) is 1.71. The van der Waals surface area contributed by atoms with Crippen molar-refractivity contribution in [2.24, 2.45) is 0 Å². The second-order valence-electron chi connectivity index (χ2n) is 5.88. The normalized spacial score (nSPS) is 12.8. The van der Waals surface area contributed by atoms with Crippen LogP contribution in [0.2, 0.25) is 0 Å². The second-order valence-corrected chi connectivity index (χ2v) is 7.73. The van der Waals surface area contributed by atoms with E-state index in [9.17, 15) is 17.9 Å². The summed E-state index contributed by atoms with van der Waals surface area (Å²) in [4.78, 5) is 20.4. The zero-order valence-corrected chi connectivity index (χ0v) is 16.8. The van der Waals surface area contributed by atoms with Gasteiger partial charge in [-0.25, -0.2) is 19.2 Å². The number of rotatable bonds is 7. The molecule has 2 aromatic heterocycles. The Balaban J connectivity index is 1.66. The fourth-order valence-electron chi connectivity index (χ4n) is 2.52. The maximum absolute atomic E-state index is 13.2. The highest BCUT2D eigenvalue weighted by atomic mass is 32.2. The summed E-state index contributed by atoms with van der Waals surface area (Å²) in [6, 6.07) is 8.67. The molecule has 3 aromatic rings. The molecule has 3 N–H and O–H groups in total. The molecule has 1 aromatic carbocycles. The molecule has 0 fully saturated rings. The molecule has 152 valence electrons. The third kappa shape index (κ3) is 5.56. The number of benzene rings is 1. The number of halogens is 1. The number of thiazole rings is 1. The Labute approximate surface area is 172 Å². The smallest absolute Gasteiger partial charge is 0.321 e. The van der Waals surface area contributed by atoms with Gasteiger partial charge in [-0.15, -0.1) is 11.3 Å². The molecular weight excluding hydrogens is 417 g/mol. The third-order valence-electron chi connectivity index (χ3n) is 3.89. The first-order valence-corrected chi connectivity index (χ1v) is 10.4. The van der Waals surface area contributed by atoms with Gasteiger partial charge in [-0.05, 0) is 40.4 Å². The average molecular weight is 434 g/mol. The van der Waals surface area contributed by atoms with Crippen molar-refractivity contribution in [3.63, 3.8) is 0 Å². The number of hydrogen-bond donors (Lipinski definition) is 3. The lowest BCUT2D eigenvalue weighted by Crippen LogP contribution is -2.28. The molecule has 0 aliphatic heterocycles. The van der Waals surface area contributed by atoms with E-state index in [2.05, 4.69) is 25.9 Å². The monoisotopic (exact) mass is 434 g/mol. The first-order chi connectivity index (χ1) is 14.0. The van der Waals surface area contributed by atoms with Gasteiger partial charge in [0.2, 0.25) is 0 Å². The first-order valence-electron chi connectivity index (χ1n) is 8.42. The molecule has 0 aliphatic rings. The van der Waals surface area contributed by atoms with Crippen LogP contribution in [0.3, 0.4) is 0 Å². The molecule has 2 atom stereocenters. The van der Waals surface area contributed by atoms with Crippen LogP contribution in [0.1, 0.15) is 22.1 Å². The summed E-state index contributed by atoms with van der Waals surface area (Å²) in [6.45, 7) is 0.137. The van der Waals surface area contributed by atoms with Crippen LogP contribution < -0.4 is 16.0 Å². The van der Waals surface area contributed by atoms with Crippen molar-refractivity contribution >= 4 is 39.4 Å². The predicted octanol–water partition coefficient (Wildman–Crippen LogP) is 3.01. The lowest BCUT2D eigenvalue weighted by Gasteiger charge is -2.18. The Morgan fingerprint density at radius 1 is 1.34 bits per heavy atom. The van der Waals surface area contributed by atoms with E-state index in [0.717, 1.165) is 11.3 Å². The van der Waals surface area contributed by atoms with E-state index >= 15 is 0 Å². The molecule has 29 heavy (non-hydrogen) atoms. The number of pyridine rings is 1. The van der Waals surface area contributed by atoms with Gasteiger partial charge in [-0.1, -0.05) is 18.2 Å². The number of aromatic nitrogens is 2. The van der Waals surface area contributed by atoms with Crippen molar-refractivity contribution < 1.29 is 17.9 Å². The molecule has 2 amide bonds. The largest absolute Gasteiger partial charge is 0.772 e. The van der Waals surface area contributed by atoms with E-state index in [4.69, 9.17) is 0 Å². The maximum atomic E-state index is 13.2. The summed E-state index contributed by atoms with van der Waals surface area (Å²) < 4.78 is 36.7. The number of urea groups is 1. The zero-order valence-electron chi connectivity index (χ0n) is 15.2. The van der Waals surface area contributed by atoms with Gasteiger partial charge >= 0.3 is 6.03 Å². The predicted molar refractivity (Wildman–Crippen MR) is 109 cm³/mol. The van der Waals surface area contributed by atoms with E-state index in [0.29, 0.717) is 16.9 Å². The molecule has 11 heteroatoms. The van der Waals surface area contributed by atoms with Crippen molar-refractivity contribution in [3.8, 4) is 0 Å². The van der Waals surface area contributed by atoms with E-state index in [1.807, 2.05) is 0 Å². The fraction of sp³-hybridized carbons (Fsp3) is 0.167. The van der Waals surface area contributed by atoms with Crippen LogP contribution in [0.25, 0.3) is 0 Å². The van der Waals surface area contributed by atoms with Crippen molar-refractivity contribution in [1.82, 2.24) is 15.3 Å². The molecule has 0 bridgehead atoms. The number of nitrogens with zero attached hydrogens (tertiary/aromatic N) is 2. The topological polar surface area (TPSA) is 119 Å². The summed E-state index contributed by atoms with van der Waals surface area (Å²) in [6.07, 6.45) is 1.46. The fourth-order valence-corrected chi connectivity index (χ4v) is 4.02. The molecule has 0 aliphatic carbocycles. The van der Waals surface area contributed by atoms with Gasteiger partial charge in [0.15, 0.2) is 5.13 Å². The van der Waals surface area contributed by atoms with Gasteiger partial charge in [0.05, 0.1) is 10.9 Å². The van der Waals surface area contributed by atoms with Crippen molar-refractivity contribution in [1.29, 1.82) is 0 Å². The maximum Gasteiger partial charge on any atom is 0.321 e. The van der Waals surface area contributed by atoms with Crippen molar-refractivity contribution in [3.05, 3.63) is 70.6 Å². The van der Waals surface area contributed by atoms with Crippen LogP contribution >= 0.6 is 11.3 Å². The molecule has 2 heterocycles. The van der Waals surface area contributed by atoms with Crippen molar-refractivity contribution in [2.75, 3.05) is 17.7 Å². The highest BCUT2D eigenvalue weighted by Crippen LogP contribution is 2.30. The SMILES string of the molecule is CNc1ccc(C(c2csc(NC(=O)NCc3cccc(F)c3)n2)S(=O)[O-])cn1. The summed E-state index contributed by atoms with van der Waals surface area (Å²) in [5.74, 6) is 0.225. The summed E-state index contributed by atoms with van der Waals surface area (Å²) >= 11 is -1.37. The standard InChI is InChI=1S/C18H18FN5O3S2/c1-20-15-6-5-12(9-21-15)16(29(26)27)14-10-28-18(23-14)24-17(25)22-8-11-3-2-4-13(19)7-11/h2-7,9-10,16H,8H2,1H3,(H,20,21)(H,26,27)(H2,22,23,24,25)/p-1. The lowest BCUT2D eigenvalue weighted by molar-refractivity contribution is 0.251. The Bertz CT molecular complexity index is 1010. The summed E-state index contributed by atoms with van der Waals surface area (Å²) in [5, 5.41) is 8.80. The molecule has 0 spiro atoms. The van der Waals surface area contributed by atoms with Gasteiger partial charge in [-0.2, -0.15) is 0 Å². The third-order valence-corrected chi connectivity index (χ3v) is 5.57. The number of anilines is 2. The minimum atomic E-state index is -2.47. The molecule has 2 unspecified atom stereocenters. The average Bonchev–Trinajstić information content (AvgIpc) is 3.14. The molecule has 3 rings (SSSR count). The number of amides is 2. The van der Waals surface area contributed by atoms with Crippen molar-refractivity contribution in [2.45, 2.75) is 11.8 Å². The van der Waals surface area contributed by atoms with E-state index in [1.54, 1.807) is 36.7 Å². The highest BCUT2D eigenvalue weighted by molar-refractivity contribution is 7.79. The van der Waals surface area contributed by atoms with Crippen LogP contribution in [0.4, 0.5) is 20.1 Å². The lowest BCUT2D eigenvalue weighted by atomic mass is 10.1. The Kier molecular flexibility index (Phi) is 6.86. The number of carbonyl (C=O) groups is 1. The Morgan fingerprint density at radius 2 is 2.17 bits per heavy atom. The minimum absolute atomic E-state index is 0.137. The van der Waals surface area contributed by atoms with Crippen LogP contribution in [-0.4, -0.2) is 31.8 Å². The van der Waals surface area contributed by atoms with E-state index in [1.165, 1.54) is 18.3 Å². The van der Waals surface area contributed by atoms with Gasteiger partial charge in [0, 0.05) is 25.2 Å². The van der Waals surface area contributed by atoms with Gasteiger partial charge < -0.3 is 15.2 Å². The van der Waals surface area contributed by atoms with E-state index < -0.39 is 22.4 Å². The Morgan fingerprint density at radius 3 is 2.83 bits per heavy atom. The molecule has 0 saturated carbocycles. The Hall–Kier alpha value is -2.89. The van der Waals surface area contributed by atoms with Gasteiger partial charge in [0.1, 0.15) is 11.6 Å². The number of carbonyl (C=O) groups excluding carboxylic acids is 1. The minimum Gasteiger partial charge on any atom is -0.772 e. The van der Waals surface area contributed by atoms with E-state index in [-0.39, 0.29) is 23.2 Å². The number of hydrogen-bond acceptors (Lipinski definition) is 7. The molecule has 0 saturated heterocycles. The summed E-state index contributed by atoms with van der Waals surface area (Å²) in [5.41, 5.74) is 1.35. The number of nitrogens with one attached hydrogen (secondary N) is 3. The quantitative estimate of drug-likeness (QED) is 0.492.